The average Bonchev–Trinajstić information content (AvgIpc) is 2.99. The number of ether oxygens (including phenoxy) is 1. The lowest BCUT2D eigenvalue weighted by atomic mass is 10.0. The van der Waals surface area contributed by atoms with Gasteiger partial charge in [0.1, 0.15) is 11.6 Å². The minimum Gasteiger partial charge on any atom is -0.480 e. The van der Waals surface area contributed by atoms with E-state index in [4.69, 9.17) is 16.3 Å². The molecule has 0 bridgehead atoms. The predicted molar refractivity (Wildman–Crippen MR) is 106 cm³/mol. The normalized spacial score (nSPS) is 15.8. The Labute approximate surface area is 166 Å². The van der Waals surface area contributed by atoms with E-state index in [1.807, 2.05) is 0 Å². The molecule has 2 N–H and O–H groups in total. The van der Waals surface area contributed by atoms with Gasteiger partial charge in [0.15, 0.2) is 0 Å². The summed E-state index contributed by atoms with van der Waals surface area (Å²) in [6, 6.07) is 7.16. The van der Waals surface area contributed by atoms with Gasteiger partial charge in [0.2, 0.25) is 0 Å². The van der Waals surface area contributed by atoms with Crippen LogP contribution in [0.3, 0.4) is 0 Å². The molecule has 0 fully saturated rings. The minimum absolute atomic E-state index is 0.368. The van der Waals surface area contributed by atoms with E-state index in [0.29, 0.717) is 40.4 Å². The molecule has 2 aromatic rings. The summed E-state index contributed by atoms with van der Waals surface area (Å²) < 4.78 is 6.59. The first-order valence-electron chi connectivity index (χ1n) is 8.83. The van der Waals surface area contributed by atoms with Crippen molar-refractivity contribution in [1.82, 2.24) is 4.57 Å². The number of carbonyl (C=O) groups excluding carboxylic acids is 1. The smallest absolute Gasteiger partial charge is 0.412 e. The maximum Gasteiger partial charge on any atom is 0.412 e. The van der Waals surface area contributed by atoms with Crippen LogP contribution in [0.2, 0.25) is 5.02 Å². The first kappa shape index (κ1) is 19.9. The Kier molecular flexibility index (Phi) is 5.21. The molecule has 0 aliphatic carbocycles. The molecular weight excluding hydrogens is 384 g/mol. The number of hydrogen-bond acceptors (Lipinski definition) is 4. The molecule has 1 atom stereocenters. The van der Waals surface area contributed by atoms with Crippen molar-refractivity contribution in [2.24, 2.45) is 0 Å². The molecule has 1 unspecified atom stereocenters. The standard InChI is InChI=1S/C20H21ClN2O5/c1-20(2,3)28-19(27)22-15-6-4-12(21)10-14(15)11-8-13-5-7-16(18(25)26)23(13)17(24)9-11/h4,6,8-10,16H,5,7H2,1-3H3,(H,22,27)(H,25,26). The number of pyridine rings is 1. The lowest BCUT2D eigenvalue weighted by Gasteiger charge is -2.20. The second-order valence-electron chi connectivity index (χ2n) is 7.65. The van der Waals surface area contributed by atoms with Crippen LogP contribution in [0.1, 0.15) is 38.9 Å². The molecule has 1 aromatic heterocycles. The van der Waals surface area contributed by atoms with E-state index in [2.05, 4.69) is 5.32 Å². The molecule has 8 heteroatoms. The van der Waals surface area contributed by atoms with Gasteiger partial charge in [-0.1, -0.05) is 11.6 Å². The van der Waals surface area contributed by atoms with Crippen LogP contribution >= 0.6 is 11.6 Å². The number of carboxylic acid groups (broad SMARTS) is 1. The molecule has 148 valence electrons. The molecule has 7 nitrogen and oxygen atoms in total. The molecule has 1 aliphatic rings. The van der Waals surface area contributed by atoms with E-state index >= 15 is 0 Å². The van der Waals surface area contributed by atoms with Gasteiger partial charge in [-0.05, 0) is 63.4 Å². The van der Waals surface area contributed by atoms with E-state index in [9.17, 15) is 19.5 Å². The third-order valence-corrected chi connectivity index (χ3v) is 4.58. The van der Waals surface area contributed by atoms with E-state index in [1.54, 1.807) is 45.0 Å². The number of hydrogen-bond donors (Lipinski definition) is 2. The summed E-state index contributed by atoms with van der Waals surface area (Å²) in [5, 5.41) is 12.4. The van der Waals surface area contributed by atoms with Gasteiger partial charge in [-0.2, -0.15) is 0 Å². The van der Waals surface area contributed by atoms with Crippen LogP contribution in [-0.2, 0) is 16.0 Å². The van der Waals surface area contributed by atoms with E-state index < -0.39 is 29.3 Å². The summed E-state index contributed by atoms with van der Waals surface area (Å²) in [7, 11) is 0. The summed E-state index contributed by atoms with van der Waals surface area (Å²) in [5.41, 5.74) is 1.12. The van der Waals surface area contributed by atoms with Crippen molar-refractivity contribution in [1.29, 1.82) is 0 Å². The van der Waals surface area contributed by atoms with Crippen molar-refractivity contribution in [3.63, 3.8) is 0 Å². The fraction of sp³-hybridized carbons (Fsp3) is 0.350. The van der Waals surface area contributed by atoms with Crippen molar-refractivity contribution in [3.05, 3.63) is 51.4 Å². The summed E-state index contributed by atoms with van der Waals surface area (Å²) >= 11 is 6.13. The molecule has 2 heterocycles. The Balaban J connectivity index is 2.02. The first-order valence-corrected chi connectivity index (χ1v) is 9.21. The third kappa shape index (κ3) is 4.20. The molecule has 0 saturated heterocycles. The number of carbonyl (C=O) groups is 2. The van der Waals surface area contributed by atoms with E-state index in [0.717, 1.165) is 0 Å². The fourth-order valence-electron chi connectivity index (χ4n) is 3.26. The quantitative estimate of drug-likeness (QED) is 0.802. The zero-order chi connectivity index (χ0) is 20.6. The van der Waals surface area contributed by atoms with Crippen LogP contribution in [-0.4, -0.2) is 27.3 Å². The topological polar surface area (TPSA) is 97.6 Å². The van der Waals surface area contributed by atoms with Crippen LogP contribution in [0.4, 0.5) is 10.5 Å². The second-order valence-corrected chi connectivity index (χ2v) is 8.09. The number of anilines is 1. The van der Waals surface area contributed by atoms with E-state index in [1.165, 1.54) is 10.6 Å². The number of halogens is 1. The highest BCUT2D eigenvalue weighted by Gasteiger charge is 2.29. The lowest BCUT2D eigenvalue weighted by Crippen LogP contribution is -2.28. The first-order chi connectivity index (χ1) is 13.0. The third-order valence-electron chi connectivity index (χ3n) is 4.35. The van der Waals surface area contributed by atoms with Gasteiger partial charge in [0.05, 0.1) is 5.69 Å². The van der Waals surface area contributed by atoms with Crippen LogP contribution in [0.25, 0.3) is 11.1 Å². The van der Waals surface area contributed by atoms with Crippen LogP contribution in [0, 0.1) is 0 Å². The molecular formula is C20H21ClN2O5. The second kappa shape index (κ2) is 7.31. The lowest BCUT2D eigenvalue weighted by molar-refractivity contribution is -0.140. The van der Waals surface area contributed by atoms with Crippen molar-refractivity contribution >= 4 is 29.4 Å². The molecule has 28 heavy (non-hydrogen) atoms. The Bertz CT molecular complexity index is 1010. The summed E-state index contributed by atoms with van der Waals surface area (Å²) in [4.78, 5) is 36.1. The SMILES string of the molecule is CC(C)(C)OC(=O)Nc1ccc(Cl)cc1-c1cc2n(c(=O)c1)C(C(=O)O)CC2. The zero-order valence-corrected chi connectivity index (χ0v) is 16.5. The summed E-state index contributed by atoms with van der Waals surface area (Å²) in [6.45, 7) is 5.28. The van der Waals surface area contributed by atoms with Crippen LogP contribution < -0.4 is 10.9 Å². The van der Waals surface area contributed by atoms with Gasteiger partial charge in [0.25, 0.3) is 5.56 Å². The number of fused-ring (bicyclic) bond motifs is 1. The number of aryl methyl sites for hydroxylation is 1. The minimum atomic E-state index is -1.02. The summed E-state index contributed by atoms with van der Waals surface area (Å²) in [5.74, 6) is -1.02. The highest BCUT2D eigenvalue weighted by molar-refractivity contribution is 6.31. The van der Waals surface area contributed by atoms with Gasteiger partial charge >= 0.3 is 12.1 Å². The molecule has 1 aliphatic heterocycles. The zero-order valence-electron chi connectivity index (χ0n) is 15.8. The van der Waals surface area contributed by atoms with E-state index in [-0.39, 0.29) is 0 Å². The molecule has 0 spiro atoms. The number of aromatic nitrogens is 1. The Hall–Kier alpha value is -2.80. The Morgan fingerprint density at radius 1 is 1.25 bits per heavy atom. The van der Waals surface area contributed by atoms with Gasteiger partial charge in [-0.25, -0.2) is 9.59 Å². The number of nitrogens with one attached hydrogen (secondary N) is 1. The molecule has 0 radical (unpaired) electrons. The number of carboxylic acids is 1. The average molecular weight is 405 g/mol. The highest BCUT2D eigenvalue weighted by Crippen LogP contribution is 2.33. The maximum absolute atomic E-state index is 12.6. The number of benzene rings is 1. The Morgan fingerprint density at radius 3 is 2.61 bits per heavy atom. The number of nitrogens with zero attached hydrogens (tertiary/aromatic N) is 1. The number of aliphatic carboxylic acids is 1. The van der Waals surface area contributed by atoms with Crippen molar-refractivity contribution in [3.8, 4) is 11.1 Å². The largest absolute Gasteiger partial charge is 0.480 e. The van der Waals surface area contributed by atoms with Gasteiger partial charge in [-0.15, -0.1) is 0 Å². The Morgan fingerprint density at radius 2 is 1.96 bits per heavy atom. The van der Waals surface area contributed by atoms with Crippen LogP contribution in [0.5, 0.6) is 0 Å². The monoisotopic (exact) mass is 404 g/mol. The van der Waals surface area contributed by atoms with Crippen molar-refractivity contribution < 1.29 is 19.4 Å². The van der Waals surface area contributed by atoms with Crippen LogP contribution in [0.15, 0.2) is 35.1 Å². The van der Waals surface area contributed by atoms with Crippen molar-refractivity contribution in [2.75, 3.05) is 5.32 Å². The summed E-state index contributed by atoms with van der Waals surface area (Å²) in [6.07, 6.45) is 0.224. The number of rotatable bonds is 3. The maximum atomic E-state index is 12.6. The van der Waals surface area contributed by atoms with Crippen molar-refractivity contribution in [2.45, 2.75) is 45.3 Å². The van der Waals surface area contributed by atoms with Gasteiger partial charge in [0, 0.05) is 22.3 Å². The van der Waals surface area contributed by atoms with Gasteiger partial charge in [-0.3, -0.25) is 14.7 Å². The number of amides is 1. The molecule has 0 saturated carbocycles. The molecule has 1 aromatic carbocycles. The molecule has 1 amide bonds. The molecule has 3 rings (SSSR count). The van der Waals surface area contributed by atoms with Gasteiger partial charge < -0.3 is 9.84 Å². The highest BCUT2D eigenvalue weighted by atomic mass is 35.5. The fourth-order valence-corrected chi connectivity index (χ4v) is 3.43. The predicted octanol–water partition coefficient (Wildman–Crippen LogP) is 4.09.